The third kappa shape index (κ3) is 3.32. The number of hydrogen-bond donors (Lipinski definition) is 1. The summed E-state index contributed by atoms with van der Waals surface area (Å²) < 4.78 is 0. The van der Waals surface area contributed by atoms with E-state index >= 15 is 0 Å². The second-order valence-electron chi connectivity index (χ2n) is 4.74. The number of aliphatic hydroxyl groups is 1. The first kappa shape index (κ1) is 13.2. The van der Waals surface area contributed by atoms with Gasteiger partial charge in [-0.3, -0.25) is 0 Å². The third-order valence-corrected chi connectivity index (χ3v) is 7.25. The summed E-state index contributed by atoms with van der Waals surface area (Å²) in [6.45, 7) is 7.29. The minimum absolute atomic E-state index is 0.289. The molecule has 0 atom stereocenters. The van der Waals surface area contributed by atoms with Gasteiger partial charge in [-0.1, -0.05) is 59.9 Å². The van der Waals surface area contributed by atoms with E-state index in [4.69, 9.17) is 5.11 Å². The zero-order valence-corrected chi connectivity index (χ0v) is 11.5. The SMILES string of the molecule is C/C(=C/CCCO)[Si](C)(C)c1ccccc1. The molecule has 0 aliphatic carbocycles. The van der Waals surface area contributed by atoms with Gasteiger partial charge in [0.2, 0.25) is 0 Å². The molecule has 1 rings (SSSR count). The van der Waals surface area contributed by atoms with Crippen LogP contribution in [-0.4, -0.2) is 19.8 Å². The van der Waals surface area contributed by atoms with E-state index < -0.39 is 8.07 Å². The highest BCUT2D eigenvalue weighted by atomic mass is 28.3. The second kappa shape index (κ2) is 6.02. The third-order valence-electron chi connectivity index (χ3n) is 3.29. The van der Waals surface area contributed by atoms with E-state index in [1.54, 1.807) is 0 Å². The van der Waals surface area contributed by atoms with Crippen LogP contribution < -0.4 is 5.19 Å². The Kier molecular flexibility index (Phi) is 4.96. The minimum atomic E-state index is -1.45. The fourth-order valence-electron chi connectivity index (χ4n) is 1.75. The molecule has 0 unspecified atom stereocenters. The zero-order valence-electron chi connectivity index (χ0n) is 10.5. The van der Waals surface area contributed by atoms with Gasteiger partial charge in [-0.2, -0.15) is 0 Å². The number of allylic oxidation sites excluding steroid dienone is 2. The maximum Gasteiger partial charge on any atom is 0.106 e. The number of rotatable bonds is 5. The highest BCUT2D eigenvalue weighted by Gasteiger charge is 2.24. The lowest BCUT2D eigenvalue weighted by Gasteiger charge is -2.24. The van der Waals surface area contributed by atoms with Crippen molar-refractivity contribution < 1.29 is 5.11 Å². The minimum Gasteiger partial charge on any atom is -0.396 e. The molecule has 88 valence electrons. The van der Waals surface area contributed by atoms with E-state index in [9.17, 15) is 0 Å². The quantitative estimate of drug-likeness (QED) is 0.613. The van der Waals surface area contributed by atoms with E-state index in [1.165, 1.54) is 10.4 Å². The number of benzene rings is 1. The molecule has 0 aliphatic heterocycles. The van der Waals surface area contributed by atoms with Crippen molar-refractivity contribution in [1.29, 1.82) is 0 Å². The molecule has 16 heavy (non-hydrogen) atoms. The van der Waals surface area contributed by atoms with Gasteiger partial charge < -0.3 is 5.11 Å². The van der Waals surface area contributed by atoms with Crippen LogP contribution >= 0.6 is 0 Å². The summed E-state index contributed by atoms with van der Waals surface area (Å²) in [6.07, 6.45) is 4.16. The summed E-state index contributed by atoms with van der Waals surface area (Å²) in [4.78, 5) is 0. The number of hydrogen-bond acceptors (Lipinski definition) is 1. The van der Waals surface area contributed by atoms with Crippen LogP contribution in [0.25, 0.3) is 0 Å². The van der Waals surface area contributed by atoms with E-state index in [0.29, 0.717) is 0 Å². The maximum atomic E-state index is 8.78. The Labute approximate surface area is 99.8 Å². The van der Waals surface area contributed by atoms with Crippen LogP contribution in [-0.2, 0) is 0 Å². The van der Waals surface area contributed by atoms with E-state index in [0.717, 1.165) is 12.8 Å². The summed E-state index contributed by atoms with van der Waals surface area (Å²) in [5.74, 6) is 0. The fourth-order valence-corrected chi connectivity index (χ4v) is 3.88. The zero-order chi connectivity index (χ0) is 12.0. The van der Waals surface area contributed by atoms with Gasteiger partial charge >= 0.3 is 0 Å². The Morgan fingerprint density at radius 3 is 2.44 bits per heavy atom. The van der Waals surface area contributed by atoms with E-state index in [2.05, 4.69) is 56.4 Å². The van der Waals surface area contributed by atoms with Crippen LogP contribution in [0, 0.1) is 0 Å². The van der Waals surface area contributed by atoms with Gasteiger partial charge in [0.15, 0.2) is 0 Å². The van der Waals surface area contributed by atoms with Crippen molar-refractivity contribution in [2.75, 3.05) is 6.61 Å². The lowest BCUT2D eigenvalue weighted by Crippen LogP contribution is -2.42. The predicted octanol–water partition coefficient (Wildman–Crippen LogP) is 2.86. The molecule has 0 heterocycles. The summed E-state index contributed by atoms with van der Waals surface area (Å²) in [7, 11) is -1.45. The Bertz CT molecular complexity index is 341. The monoisotopic (exact) mass is 234 g/mol. The van der Waals surface area contributed by atoms with Crippen LogP contribution in [0.2, 0.25) is 13.1 Å². The smallest absolute Gasteiger partial charge is 0.106 e. The molecule has 0 saturated carbocycles. The maximum absolute atomic E-state index is 8.78. The number of aliphatic hydroxyl groups excluding tert-OH is 1. The first-order valence-corrected chi connectivity index (χ1v) is 8.92. The first-order chi connectivity index (χ1) is 7.59. The average Bonchev–Trinajstić information content (AvgIpc) is 2.30. The summed E-state index contributed by atoms with van der Waals surface area (Å²) >= 11 is 0. The Balaban J connectivity index is 2.81. The van der Waals surface area contributed by atoms with Gasteiger partial charge in [-0.05, 0) is 19.8 Å². The van der Waals surface area contributed by atoms with Crippen molar-refractivity contribution in [3.05, 3.63) is 41.6 Å². The largest absolute Gasteiger partial charge is 0.396 e. The molecule has 1 nitrogen and oxygen atoms in total. The Morgan fingerprint density at radius 2 is 1.88 bits per heavy atom. The highest BCUT2D eigenvalue weighted by Crippen LogP contribution is 2.15. The normalized spacial score (nSPS) is 12.9. The Morgan fingerprint density at radius 1 is 1.25 bits per heavy atom. The molecule has 0 amide bonds. The molecule has 0 fully saturated rings. The van der Waals surface area contributed by atoms with Gasteiger partial charge in [0.25, 0.3) is 0 Å². The topological polar surface area (TPSA) is 20.2 Å². The van der Waals surface area contributed by atoms with Crippen LogP contribution in [0.15, 0.2) is 41.6 Å². The van der Waals surface area contributed by atoms with Crippen molar-refractivity contribution in [3.63, 3.8) is 0 Å². The molecule has 0 aliphatic rings. The molecule has 1 aromatic rings. The van der Waals surface area contributed by atoms with Crippen molar-refractivity contribution in [2.45, 2.75) is 32.9 Å². The summed E-state index contributed by atoms with van der Waals surface area (Å²) in [5.41, 5.74) is 0. The van der Waals surface area contributed by atoms with Crippen molar-refractivity contribution in [2.24, 2.45) is 0 Å². The van der Waals surface area contributed by atoms with Crippen LogP contribution in [0.1, 0.15) is 19.8 Å². The van der Waals surface area contributed by atoms with E-state index in [-0.39, 0.29) is 6.61 Å². The molecule has 0 saturated heterocycles. The first-order valence-electron chi connectivity index (χ1n) is 5.92. The van der Waals surface area contributed by atoms with Gasteiger partial charge in [-0.15, -0.1) is 0 Å². The summed E-state index contributed by atoms with van der Waals surface area (Å²) in [5, 5.41) is 11.8. The lowest BCUT2D eigenvalue weighted by molar-refractivity contribution is 0.289. The molecule has 0 radical (unpaired) electrons. The lowest BCUT2D eigenvalue weighted by atomic mass is 10.3. The molecule has 1 N–H and O–H groups in total. The van der Waals surface area contributed by atoms with Crippen molar-refractivity contribution in [3.8, 4) is 0 Å². The molecule has 0 spiro atoms. The molecule has 0 aromatic heterocycles. The van der Waals surface area contributed by atoms with E-state index in [1.807, 2.05) is 0 Å². The van der Waals surface area contributed by atoms with Crippen molar-refractivity contribution >= 4 is 13.3 Å². The Hall–Kier alpha value is -0.863. The standard InChI is InChI=1S/C14H22OSi/c1-13(9-7-8-12-15)16(2,3)14-10-5-4-6-11-14/h4-6,9-11,15H,7-8,12H2,1-3H3/b13-9-. The molecule has 2 heteroatoms. The van der Waals surface area contributed by atoms with Gasteiger partial charge in [0.1, 0.15) is 8.07 Å². The van der Waals surface area contributed by atoms with Crippen molar-refractivity contribution in [1.82, 2.24) is 0 Å². The number of unbranched alkanes of at least 4 members (excludes halogenated alkanes) is 1. The van der Waals surface area contributed by atoms with Gasteiger partial charge in [-0.25, -0.2) is 0 Å². The summed E-state index contributed by atoms with van der Waals surface area (Å²) in [6, 6.07) is 10.8. The van der Waals surface area contributed by atoms with Gasteiger partial charge in [0.05, 0.1) is 0 Å². The fraction of sp³-hybridized carbons (Fsp3) is 0.429. The molecular weight excluding hydrogens is 212 g/mol. The second-order valence-corrected chi connectivity index (χ2v) is 9.36. The van der Waals surface area contributed by atoms with Crippen LogP contribution in [0.4, 0.5) is 0 Å². The van der Waals surface area contributed by atoms with Crippen LogP contribution in [0.5, 0.6) is 0 Å². The molecular formula is C14H22OSi. The molecule has 0 bridgehead atoms. The van der Waals surface area contributed by atoms with Crippen LogP contribution in [0.3, 0.4) is 0 Å². The highest BCUT2D eigenvalue weighted by molar-refractivity contribution is 6.95. The average molecular weight is 234 g/mol. The predicted molar refractivity (Wildman–Crippen MR) is 73.6 cm³/mol. The van der Waals surface area contributed by atoms with Gasteiger partial charge in [0, 0.05) is 6.61 Å². The molecule has 1 aromatic carbocycles.